The van der Waals surface area contributed by atoms with Gasteiger partial charge in [-0.05, 0) is 31.5 Å². The van der Waals surface area contributed by atoms with E-state index in [4.69, 9.17) is 9.47 Å². The van der Waals surface area contributed by atoms with Gasteiger partial charge < -0.3 is 14.6 Å². The van der Waals surface area contributed by atoms with Crippen LogP contribution in [0.2, 0.25) is 0 Å². The second-order valence-electron chi connectivity index (χ2n) is 3.82. The lowest BCUT2D eigenvalue weighted by atomic mass is 10.1. The van der Waals surface area contributed by atoms with Crippen molar-refractivity contribution in [1.82, 2.24) is 0 Å². The van der Waals surface area contributed by atoms with E-state index in [1.165, 1.54) is 0 Å². The van der Waals surface area contributed by atoms with Crippen molar-refractivity contribution in [2.45, 2.75) is 26.1 Å². The molecule has 0 aliphatic rings. The van der Waals surface area contributed by atoms with Gasteiger partial charge in [0.05, 0.1) is 0 Å². The minimum atomic E-state index is -1.24. The molecule has 0 aliphatic carbocycles. The van der Waals surface area contributed by atoms with Crippen molar-refractivity contribution < 1.29 is 14.6 Å². The summed E-state index contributed by atoms with van der Waals surface area (Å²) in [6.07, 6.45) is 0.425. The second-order valence-corrected chi connectivity index (χ2v) is 4.74. The first-order valence-electron chi connectivity index (χ1n) is 5.78. The fourth-order valence-corrected chi connectivity index (χ4v) is 1.86. The lowest BCUT2D eigenvalue weighted by Crippen LogP contribution is -2.40. The third-order valence-corrected chi connectivity index (χ3v) is 2.87. The van der Waals surface area contributed by atoms with E-state index in [2.05, 4.69) is 15.9 Å². The average Bonchev–Trinajstić information content (AvgIpc) is 2.30. The summed E-state index contributed by atoms with van der Waals surface area (Å²) >= 11 is 3.38. The van der Waals surface area contributed by atoms with Crippen LogP contribution >= 0.6 is 15.9 Å². The molecule has 0 spiro atoms. The van der Waals surface area contributed by atoms with Gasteiger partial charge in [0.1, 0.15) is 6.61 Å². The SMILES string of the molecule is CCOCC(O)(Cc1ccc(Br)cc1)OCC. The predicted molar refractivity (Wildman–Crippen MR) is 70.9 cm³/mol. The minimum Gasteiger partial charge on any atom is -0.376 e. The van der Waals surface area contributed by atoms with Gasteiger partial charge in [0.2, 0.25) is 0 Å². The van der Waals surface area contributed by atoms with Gasteiger partial charge in [0.15, 0.2) is 5.79 Å². The number of aliphatic hydroxyl groups is 1. The summed E-state index contributed by atoms with van der Waals surface area (Å²) < 4.78 is 11.7. The highest BCUT2D eigenvalue weighted by atomic mass is 79.9. The van der Waals surface area contributed by atoms with Gasteiger partial charge in [-0.25, -0.2) is 0 Å². The van der Waals surface area contributed by atoms with Gasteiger partial charge in [0, 0.05) is 24.1 Å². The third kappa shape index (κ3) is 5.17. The fraction of sp³-hybridized carbons (Fsp3) is 0.538. The van der Waals surface area contributed by atoms with Crippen molar-refractivity contribution in [1.29, 1.82) is 0 Å². The van der Waals surface area contributed by atoms with Crippen LogP contribution in [0, 0.1) is 0 Å². The molecule has 0 aliphatic heterocycles. The van der Waals surface area contributed by atoms with E-state index < -0.39 is 5.79 Å². The number of hydrogen-bond donors (Lipinski definition) is 1. The van der Waals surface area contributed by atoms with Crippen molar-refractivity contribution in [3.8, 4) is 0 Å². The monoisotopic (exact) mass is 302 g/mol. The molecule has 17 heavy (non-hydrogen) atoms. The highest BCUT2D eigenvalue weighted by molar-refractivity contribution is 9.10. The van der Waals surface area contributed by atoms with Crippen molar-refractivity contribution in [2.75, 3.05) is 19.8 Å². The van der Waals surface area contributed by atoms with Gasteiger partial charge >= 0.3 is 0 Å². The molecular weight excluding hydrogens is 284 g/mol. The van der Waals surface area contributed by atoms with Gasteiger partial charge in [0.25, 0.3) is 0 Å². The summed E-state index contributed by atoms with van der Waals surface area (Å²) in [5.41, 5.74) is 1.02. The maximum Gasteiger partial charge on any atom is 0.193 e. The quantitative estimate of drug-likeness (QED) is 0.787. The van der Waals surface area contributed by atoms with E-state index in [0.717, 1.165) is 10.0 Å². The first-order chi connectivity index (χ1) is 8.09. The molecule has 0 heterocycles. The highest BCUT2D eigenvalue weighted by Gasteiger charge is 2.28. The first kappa shape index (κ1) is 14.6. The Morgan fingerprint density at radius 3 is 2.35 bits per heavy atom. The number of hydrogen-bond acceptors (Lipinski definition) is 3. The van der Waals surface area contributed by atoms with E-state index in [-0.39, 0.29) is 6.61 Å². The Bertz CT molecular complexity index is 326. The normalized spacial score (nSPS) is 14.6. The summed E-state index contributed by atoms with van der Waals surface area (Å²) in [6.45, 7) is 4.97. The molecule has 1 N–H and O–H groups in total. The molecule has 1 unspecified atom stereocenters. The van der Waals surface area contributed by atoms with Crippen molar-refractivity contribution in [3.63, 3.8) is 0 Å². The molecule has 0 aromatic heterocycles. The topological polar surface area (TPSA) is 38.7 Å². The van der Waals surface area contributed by atoms with Crippen LogP contribution < -0.4 is 0 Å². The van der Waals surface area contributed by atoms with Crippen LogP contribution in [0.5, 0.6) is 0 Å². The van der Waals surface area contributed by atoms with E-state index in [0.29, 0.717) is 19.6 Å². The maximum atomic E-state index is 10.3. The number of halogens is 1. The Morgan fingerprint density at radius 2 is 1.82 bits per heavy atom. The number of rotatable bonds is 7. The molecule has 1 aromatic carbocycles. The van der Waals surface area contributed by atoms with Crippen LogP contribution in [-0.2, 0) is 15.9 Å². The highest BCUT2D eigenvalue weighted by Crippen LogP contribution is 2.18. The van der Waals surface area contributed by atoms with Crippen molar-refractivity contribution in [2.24, 2.45) is 0 Å². The summed E-state index contributed by atoms with van der Waals surface area (Å²) in [7, 11) is 0. The van der Waals surface area contributed by atoms with Gasteiger partial charge in [-0.3, -0.25) is 0 Å². The number of ether oxygens (including phenoxy) is 2. The smallest absolute Gasteiger partial charge is 0.193 e. The Labute approximate surface area is 111 Å². The zero-order valence-corrected chi connectivity index (χ0v) is 11.9. The van der Waals surface area contributed by atoms with Crippen LogP contribution in [0.25, 0.3) is 0 Å². The Morgan fingerprint density at radius 1 is 1.18 bits per heavy atom. The molecule has 1 atom stereocenters. The van der Waals surface area contributed by atoms with Crippen LogP contribution in [-0.4, -0.2) is 30.7 Å². The maximum absolute atomic E-state index is 10.3. The second kappa shape index (κ2) is 7.11. The predicted octanol–water partition coefficient (Wildman–Crippen LogP) is 2.75. The summed E-state index contributed by atoms with van der Waals surface area (Å²) in [6, 6.07) is 7.81. The molecule has 0 amide bonds. The molecule has 0 bridgehead atoms. The zero-order valence-electron chi connectivity index (χ0n) is 10.3. The molecule has 1 aromatic rings. The first-order valence-corrected chi connectivity index (χ1v) is 6.57. The Hall–Kier alpha value is -0.420. The summed E-state index contributed by atoms with van der Waals surface area (Å²) in [5.74, 6) is -1.24. The molecule has 1 rings (SSSR count). The van der Waals surface area contributed by atoms with Gasteiger partial charge in [-0.2, -0.15) is 0 Å². The van der Waals surface area contributed by atoms with Crippen molar-refractivity contribution in [3.05, 3.63) is 34.3 Å². The molecule has 96 valence electrons. The van der Waals surface area contributed by atoms with Crippen LogP contribution in [0.3, 0.4) is 0 Å². The van der Waals surface area contributed by atoms with E-state index >= 15 is 0 Å². The third-order valence-electron chi connectivity index (χ3n) is 2.34. The standard InChI is InChI=1S/C13H19BrO3/c1-3-16-10-13(15,17-4-2)9-11-5-7-12(14)8-6-11/h5-8,15H,3-4,9-10H2,1-2H3. The fourth-order valence-electron chi connectivity index (χ4n) is 1.60. The van der Waals surface area contributed by atoms with Gasteiger partial charge in [-0.1, -0.05) is 28.1 Å². The van der Waals surface area contributed by atoms with E-state index in [1.807, 2.05) is 38.1 Å². The lowest BCUT2D eigenvalue weighted by Gasteiger charge is -2.27. The average molecular weight is 303 g/mol. The molecule has 0 saturated carbocycles. The Balaban J connectivity index is 2.67. The number of benzene rings is 1. The Kier molecular flexibility index (Phi) is 6.12. The summed E-state index contributed by atoms with van der Waals surface area (Å²) in [5, 5.41) is 10.3. The zero-order chi connectivity index (χ0) is 12.7. The molecule has 4 heteroatoms. The van der Waals surface area contributed by atoms with E-state index in [9.17, 15) is 5.11 Å². The largest absolute Gasteiger partial charge is 0.376 e. The van der Waals surface area contributed by atoms with E-state index in [1.54, 1.807) is 0 Å². The van der Waals surface area contributed by atoms with Crippen LogP contribution in [0.4, 0.5) is 0 Å². The van der Waals surface area contributed by atoms with Crippen molar-refractivity contribution >= 4 is 15.9 Å². The molecule has 3 nitrogen and oxygen atoms in total. The van der Waals surface area contributed by atoms with Gasteiger partial charge in [-0.15, -0.1) is 0 Å². The van der Waals surface area contributed by atoms with Crippen LogP contribution in [0.1, 0.15) is 19.4 Å². The minimum absolute atomic E-state index is 0.188. The lowest BCUT2D eigenvalue weighted by molar-refractivity contribution is -0.228. The molecule has 0 fully saturated rings. The summed E-state index contributed by atoms with van der Waals surface area (Å²) in [4.78, 5) is 0. The molecule has 0 radical (unpaired) electrons. The molecule has 0 saturated heterocycles. The molecular formula is C13H19BrO3. The van der Waals surface area contributed by atoms with Crippen LogP contribution in [0.15, 0.2) is 28.7 Å².